The van der Waals surface area contributed by atoms with Gasteiger partial charge in [0.2, 0.25) is 0 Å². The van der Waals surface area contributed by atoms with Crippen molar-refractivity contribution in [3.05, 3.63) is 54.4 Å². The van der Waals surface area contributed by atoms with Crippen LogP contribution in [0.4, 0.5) is 14.9 Å². The Bertz CT molecular complexity index is 831. The molecule has 3 rings (SSSR count). The predicted octanol–water partition coefficient (Wildman–Crippen LogP) is 2.47. The van der Waals surface area contributed by atoms with Crippen molar-refractivity contribution in [1.29, 1.82) is 0 Å². The molecule has 0 saturated heterocycles. The molecule has 2 N–H and O–H groups in total. The van der Waals surface area contributed by atoms with Gasteiger partial charge in [0.15, 0.2) is 0 Å². The Hall–Kier alpha value is -2.96. The zero-order chi connectivity index (χ0) is 16.2. The highest BCUT2D eigenvalue weighted by molar-refractivity contribution is 5.88. The number of nitrogens with zero attached hydrogens (tertiary/aromatic N) is 3. The van der Waals surface area contributed by atoms with E-state index in [0.717, 1.165) is 16.9 Å². The second-order valence-electron chi connectivity index (χ2n) is 5.09. The van der Waals surface area contributed by atoms with Gasteiger partial charge < -0.3 is 15.2 Å². The second-order valence-corrected chi connectivity index (χ2v) is 5.09. The molecule has 0 atom stereocenters. The fourth-order valence-electron chi connectivity index (χ4n) is 2.34. The summed E-state index contributed by atoms with van der Waals surface area (Å²) in [4.78, 5) is 20.1. The zero-order valence-electron chi connectivity index (χ0n) is 12.6. The molecule has 0 bridgehead atoms. The number of anilines is 1. The van der Waals surface area contributed by atoms with E-state index >= 15 is 0 Å². The Balaban J connectivity index is 1.58. The highest BCUT2D eigenvalue weighted by atomic mass is 19.1. The van der Waals surface area contributed by atoms with Crippen molar-refractivity contribution in [2.24, 2.45) is 7.05 Å². The van der Waals surface area contributed by atoms with Crippen LogP contribution < -0.4 is 10.6 Å². The van der Waals surface area contributed by atoms with Gasteiger partial charge in [-0.15, -0.1) is 0 Å². The number of urea groups is 1. The normalized spacial score (nSPS) is 10.7. The molecule has 0 fully saturated rings. The summed E-state index contributed by atoms with van der Waals surface area (Å²) in [6.07, 6.45) is 3.75. The highest BCUT2D eigenvalue weighted by Crippen LogP contribution is 2.16. The minimum atomic E-state index is -0.303. The van der Waals surface area contributed by atoms with Crippen molar-refractivity contribution < 1.29 is 9.18 Å². The topological polar surface area (TPSA) is 71.8 Å². The average molecular weight is 313 g/mol. The van der Waals surface area contributed by atoms with Gasteiger partial charge >= 0.3 is 6.03 Å². The standard InChI is InChI=1S/C16H16FN5O/c1-22-14-9-11(17)4-5-13(14)21-15(22)6-8-19-16(23)20-12-3-2-7-18-10-12/h2-5,7,9-10H,6,8H2,1H3,(H2,19,20,23). The van der Waals surface area contributed by atoms with Crippen LogP contribution in [0.25, 0.3) is 11.0 Å². The van der Waals surface area contributed by atoms with E-state index in [9.17, 15) is 9.18 Å². The molecule has 6 nitrogen and oxygen atoms in total. The minimum Gasteiger partial charge on any atom is -0.337 e. The maximum absolute atomic E-state index is 13.3. The maximum atomic E-state index is 13.3. The number of aryl methyl sites for hydroxylation is 1. The Morgan fingerprint density at radius 1 is 1.35 bits per heavy atom. The molecule has 0 radical (unpaired) electrons. The van der Waals surface area contributed by atoms with Gasteiger partial charge in [0.1, 0.15) is 11.6 Å². The molecule has 0 saturated carbocycles. The average Bonchev–Trinajstić information content (AvgIpc) is 2.85. The zero-order valence-corrected chi connectivity index (χ0v) is 12.6. The number of benzene rings is 1. The molecule has 0 spiro atoms. The van der Waals surface area contributed by atoms with Gasteiger partial charge in [0.05, 0.1) is 22.9 Å². The fourth-order valence-corrected chi connectivity index (χ4v) is 2.34. The van der Waals surface area contributed by atoms with Crippen LogP contribution in [-0.2, 0) is 13.5 Å². The quantitative estimate of drug-likeness (QED) is 0.777. The number of fused-ring (bicyclic) bond motifs is 1. The molecule has 1 aromatic carbocycles. The first-order valence-electron chi connectivity index (χ1n) is 7.19. The molecular weight excluding hydrogens is 297 g/mol. The number of aromatic nitrogens is 3. The van der Waals surface area contributed by atoms with Crippen LogP contribution in [-0.4, -0.2) is 27.1 Å². The summed E-state index contributed by atoms with van der Waals surface area (Å²) in [5.74, 6) is 0.494. The molecule has 0 aliphatic carbocycles. The van der Waals surface area contributed by atoms with Crippen LogP contribution in [0, 0.1) is 5.82 Å². The van der Waals surface area contributed by atoms with Gasteiger partial charge in [-0.1, -0.05) is 0 Å². The summed E-state index contributed by atoms with van der Waals surface area (Å²) in [5, 5.41) is 5.44. The number of carbonyl (C=O) groups is 1. The van der Waals surface area contributed by atoms with E-state index in [4.69, 9.17) is 0 Å². The molecule has 0 aliphatic rings. The van der Waals surface area contributed by atoms with E-state index in [1.807, 2.05) is 11.6 Å². The number of rotatable bonds is 4. The third-order valence-corrected chi connectivity index (χ3v) is 3.49. The Kier molecular flexibility index (Phi) is 4.18. The van der Waals surface area contributed by atoms with Crippen molar-refractivity contribution in [1.82, 2.24) is 19.9 Å². The smallest absolute Gasteiger partial charge is 0.319 e. The summed E-state index contributed by atoms with van der Waals surface area (Å²) in [6.45, 7) is 0.422. The second kappa shape index (κ2) is 6.43. The third kappa shape index (κ3) is 3.45. The Morgan fingerprint density at radius 2 is 2.22 bits per heavy atom. The van der Waals surface area contributed by atoms with Crippen molar-refractivity contribution in [3.8, 4) is 0 Å². The lowest BCUT2D eigenvalue weighted by atomic mass is 10.3. The van der Waals surface area contributed by atoms with Crippen LogP contribution in [0.5, 0.6) is 0 Å². The predicted molar refractivity (Wildman–Crippen MR) is 85.6 cm³/mol. The number of hydrogen-bond donors (Lipinski definition) is 2. The molecule has 0 unspecified atom stereocenters. The van der Waals surface area contributed by atoms with E-state index in [1.54, 1.807) is 30.6 Å². The number of amides is 2. The van der Waals surface area contributed by atoms with Gasteiger partial charge in [-0.25, -0.2) is 14.2 Å². The van der Waals surface area contributed by atoms with Gasteiger partial charge in [0.25, 0.3) is 0 Å². The van der Waals surface area contributed by atoms with E-state index in [1.165, 1.54) is 12.1 Å². The maximum Gasteiger partial charge on any atom is 0.319 e. The van der Waals surface area contributed by atoms with Crippen molar-refractivity contribution in [3.63, 3.8) is 0 Å². The number of nitrogens with one attached hydrogen (secondary N) is 2. The fraction of sp³-hybridized carbons (Fsp3) is 0.188. The van der Waals surface area contributed by atoms with Gasteiger partial charge in [-0.05, 0) is 30.3 Å². The van der Waals surface area contributed by atoms with Crippen LogP contribution >= 0.6 is 0 Å². The highest BCUT2D eigenvalue weighted by Gasteiger charge is 2.09. The van der Waals surface area contributed by atoms with E-state index < -0.39 is 0 Å². The molecule has 3 aromatic rings. The molecule has 0 aliphatic heterocycles. The van der Waals surface area contributed by atoms with E-state index in [2.05, 4.69) is 20.6 Å². The van der Waals surface area contributed by atoms with Gasteiger partial charge in [-0.2, -0.15) is 0 Å². The lowest BCUT2D eigenvalue weighted by molar-refractivity contribution is 0.252. The number of carbonyl (C=O) groups excluding carboxylic acids is 1. The third-order valence-electron chi connectivity index (χ3n) is 3.49. The van der Waals surface area contributed by atoms with Gasteiger partial charge in [0, 0.05) is 26.2 Å². The largest absolute Gasteiger partial charge is 0.337 e. The van der Waals surface area contributed by atoms with Crippen LogP contribution in [0.15, 0.2) is 42.7 Å². The van der Waals surface area contributed by atoms with Crippen LogP contribution in [0.3, 0.4) is 0 Å². The van der Waals surface area contributed by atoms with Crippen molar-refractivity contribution in [2.75, 3.05) is 11.9 Å². The molecule has 23 heavy (non-hydrogen) atoms. The van der Waals surface area contributed by atoms with Crippen molar-refractivity contribution >= 4 is 22.8 Å². The summed E-state index contributed by atoms with van der Waals surface area (Å²) < 4.78 is 15.1. The number of hydrogen-bond acceptors (Lipinski definition) is 3. The lowest BCUT2D eigenvalue weighted by Gasteiger charge is -2.07. The minimum absolute atomic E-state index is 0.291. The monoisotopic (exact) mass is 313 g/mol. The van der Waals surface area contributed by atoms with E-state index in [0.29, 0.717) is 18.7 Å². The van der Waals surface area contributed by atoms with E-state index in [-0.39, 0.29) is 11.8 Å². The van der Waals surface area contributed by atoms with Gasteiger partial charge in [-0.3, -0.25) is 4.98 Å². The van der Waals surface area contributed by atoms with Crippen molar-refractivity contribution in [2.45, 2.75) is 6.42 Å². The molecular formula is C16H16FN5O. The SMILES string of the molecule is Cn1c(CCNC(=O)Nc2cccnc2)nc2ccc(F)cc21. The van der Waals surface area contributed by atoms with Crippen LogP contribution in [0.1, 0.15) is 5.82 Å². The Morgan fingerprint density at radius 3 is 3.00 bits per heavy atom. The summed E-state index contributed by atoms with van der Waals surface area (Å²) >= 11 is 0. The summed E-state index contributed by atoms with van der Waals surface area (Å²) in [7, 11) is 1.83. The first kappa shape index (κ1) is 15.0. The molecule has 2 aromatic heterocycles. The summed E-state index contributed by atoms with van der Waals surface area (Å²) in [5.41, 5.74) is 2.10. The Labute approximate surface area is 132 Å². The molecule has 118 valence electrons. The molecule has 2 heterocycles. The number of pyridine rings is 1. The van der Waals surface area contributed by atoms with Crippen LogP contribution in [0.2, 0.25) is 0 Å². The molecule has 7 heteroatoms. The number of halogens is 1. The summed E-state index contributed by atoms with van der Waals surface area (Å²) in [6, 6.07) is 7.69. The molecule has 2 amide bonds. The first-order valence-corrected chi connectivity index (χ1v) is 7.19. The lowest BCUT2D eigenvalue weighted by Crippen LogP contribution is -2.30. The number of imidazole rings is 1. The first-order chi connectivity index (χ1) is 11.1.